The molecule has 2 aromatic rings. The molecule has 0 atom stereocenters. The van der Waals surface area contributed by atoms with E-state index in [2.05, 4.69) is 5.32 Å². The van der Waals surface area contributed by atoms with Crippen molar-refractivity contribution in [2.45, 2.75) is 13.8 Å². The summed E-state index contributed by atoms with van der Waals surface area (Å²) in [5.41, 5.74) is 1.91. The lowest BCUT2D eigenvalue weighted by Gasteiger charge is -2.10. The molecule has 2 rings (SSSR count). The summed E-state index contributed by atoms with van der Waals surface area (Å²) in [7, 11) is 0. The largest absolute Gasteiger partial charge is 0.507 e. The number of carbonyl (C=O) groups is 1. The zero-order valence-electron chi connectivity index (χ0n) is 9.95. The van der Waals surface area contributed by atoms with E-state index in [1.807, 2.05) is 0 Å². The van der Waals surface area contributed by atoms with Crippen LogP contribution in [0.1, 0.15) is 21.7 Å². The maximum atomic E-state index is 11.8. The van der Waals surface area contributed by atoms with Crippen molar-refractivity contribution in [3.05, 3.63) is 46.4 Å². The molecule has 0 aliphatic rings. The topological polar surface area (TPSA) is 62.5 Å². The molecule has 1 heterocycles. The number of aryl methyl sites for hydroxylation is 1. The third kappa shape index (κ3) is 2.33. The summed E-state index contributed by atoms with van der Waals surface area (Å²) < 4.78 is 5.00. The van der Waals surface area contributed by atoms with Crippen LogP contribution in [0.15, 0.2) is 28.7 Å². The van der Waals surface area contributed by atoms with Crippen molar-refractivity contribution >= 4 is 23.2 Å². The molecule has 0 saturated carbocycles. The highest BCUT2D eigenvalue weighted by Gasteiger charge is 2.13. The summed E-state index contributed by atoms with van der Waals surface area (Å²) in [6, 6.07) is 6.44. The lowest BCUT2D eigenvalue weighted by molar-refractivity contribution is 0.0996. The zero-order valence-corrected chi connectivity index (χ0v) is 10.7. The number of rotatable bonds is 2. The van der Waals surface area contributed by atoms with Crippen LogP contribution in [-0.2, 0) is 0 Å². The van der Waals surface area contributed by atoms with Crippen molar-refractivity contribution < 1.29 is 14.3 Å². The minimum absolute atomic E-state index is 0.125. The summed E-state index contributed by atoms with van der Waals surface area (Å²) in [5.74, 6) is -0.113. The zero-order chi connectivity index (χ0) is 13.3. The number of hydrogen-bond donors (Lipinski definition) is 2. The second kappa shape index (κ2) is 4.74. The summed E-state index contributed by atoms with van der Waals surface area (Å²) in [6.07, 6.45) is 0. The smallest absolute Gasteiger partial charge is 0.291 e. The molecule has 4 nitrogen and oxygen atoms in total. The number of carbonyl (C=O) groups excluding carboxylic acids is 1. The molecule has 18 heavy (non-hydrogen) atoms. The van der Waals surface area contributed by atoms with Gasteiger partial charge < -0.3 is 14.8 Å². The van der Waals surface area contributed by atoms with Crippen LogP contribution in [0.5, 0.6) is 5.75 Å². The van der Waals surface area contributed by atoms with Crippen molar-refractivity contribution in [1.29, 1.82) is 0 Å². The van der Waals surface area contributed by atoms with E-state index in [0.717, 1.165) is 5.56 Å². The third-order valence-corrected chi connectivity index (χ3v) is 2.88. The Bertz CT molecular complexity index is 604. The molecular weight excluding hydrogens is 254 g/mol. The van der Waals surface area contributed by atoms with E-state index >= 15 is 0 Å². The fraction of sp³-hybridized carbons (Fsp3) is 0.154. The molecule has 94 valence electrons. The van der Waals surface area contributed by atoms with E-state index in [0.29, 0.717) is 11.3 Å². The lowest BCUT2D eigenvalue weighted by Crippen LogP contribution is -2.11. The molecule has 2 N–H and O–H groups in total. The summed E-state index contributed by atoms with van der Waals surface area (Å²) >= 11 is 5.60. The predicted molar refractivity (Wildman–Crippen MR) is 69.3 cm³/mol. The van der Waals surface area contributed by atoms with Gasteiger partial charge in [-0.2, -0.15) is 0 Å². The average molecular weight is 266 g/mol. The van der Waals surface area contributed by atoms with E-state index in [1.165, 1.54) is 12.1 Å². The van der Waals surface area contributed by atoms with Gasteiger partial charge in [0, 0.05) is 11.3 Å². The van der Waals surface area contributed by atoms with Gasteiger partial charge in [0.25, 0.3) is 5.91 Å². The molecule has 1 aromatic carbocycles. The highest BCUT2D eigenvalue weighted by molar-refractivity contribution is 6.29. The maximum Gasteiger partial charge on any atom is 0.291 e. The summed E-state index contributed by atoms with van der Waals surface area (Å²) in [4.78, 5) is 11.8. The number of halogens is 1. The highest BCUT2D eigenvalue weighted by atomic mass is 35.5. The van der Waals surface area contributed by atoms with Crippen LogP contribution in [0.25, 0.3) is 0 Å². The Morgan fingerprint density at radius 2 is 2.00 bits per heavy atom. The normalized spacial score (nSPS) is 10.4. The number of nitrogens with one attached hydrogen (secondary N) is 1. The van der Waals surface area contributed by atoms with Crippen LogP contribution in [0.3, 0.4) is 0 Å². The first-order chi connectivity index (χ1) is 8.49. The van der Waals surface area contributed by atoms with Gasteiger partial charge in [0.2, 0.25) is 0 Å². The van der Waals surface area contributed by atoms with Crippen molar-refractivity contribution in [2.24, 2.45) is 0 Å². The molecule has 0 bridgehead atoms. The number of benzene rings is 1. The Labute approximate surface area is 109 Å². The molecule has 0 aliphatic carbocycles. The molecule has 0 aliphatic heterocycles. The molecule has 1 amide bonds. The third-order valence-electron chi connectivity index (χ3n) is 2.68. The number of furan rings is 1. The molecule has 5 heteroatoms. The van der Waals surface area contributed by atoms with Crippen molar-refractivity contribution in [2.75, 3.05) is 5.32 Å². The van der Waals surface area contributed by atoms with E-state index in [9.17, 15) is 9.90 Å². The Kier molecular flexibility index (Phi) is 3.30. The van der Waals surface area contributed by atoms with E-state index in [-0.39, 0.29) is 16.7 Å². The number of amides is 1. The number of hydrogen-bond acceptors (Lipinski definition) is 3. The maximum absolute atomic E-state index is 11.8. The standard InChI is InChI=1S/C13H12ClNO3/c1-7-3-4-9(8(2)12(7)16)15-13(17)10-5-6-11(14)18-10/h3-6,16H,1-2H3,(H,15,17). The van der Waals surface area contributed by atoms with E-state index in [1.54, 1.807) is 26.0 Å². The van der Waals surface area contributed by atoms with Gasteiger partial charge in [-0.25, -0.2) is 0 Å². The highest BCUT2D eigenvalue weighted by Crippen LogP contribution is 2.28. The number of phenols is 1. The van der Waals surface area contributed by atoms with Gasteiger partial charge in [0.15, 0.2) is 11.0 Å². The first-order valence-corrected chi connectivity index (χ1v) is 5.72. The average Bonchev–Trinajstić information content (AvgIpc) is 2.77. The van der Waals surface area contributed by atoms with Gasteiger partial charge in [-0.15, -0.1) is 0 Å². The van der Waals surface area contributed by atoms with Gasteiger partial charge >= 0.3 is 0 Å². The second-order valence-corrected chi connectivity index (χ2v) is 4.33. The first-order valence-electron chi connectivity index (χ1n) is 5.35. The van der Waals surface area contributed by atoms with Gasteiger partial charge in [-0.05, 0) is 49.2 Å². The van der Waals surface area contributed by atoms with Crippen LogP contribution in [0, 0.1) is 13.8 Å². The predicted octanol–water partition coefficient (Wildman–Crippen LogP) is 3.51. The molecule has 0 unspecified atom stereocenters. The van der Waals surface area contributed by atoms with Gasteiger partial charge in [0.05, 0.1) is 0 Å². The van der Waals surface area contributed by atoms with Gasteiger partial charge in [0.1, 0.15) is 5.75 Å². The SMILES string of the molecule is Cc1ccc(NC(=O)c2ccc(Cl)o2)c(C)c1O. The summed E-state index contributed by atoms with van der Waals surface area (Å²) in [5, 5.41) is 12.6. The Balaban J connectivity index is 2.25. The number of phenolic OH excluding ortho intramolecular Hbond substituents is 1. The van der Waals surface area contributed by atoms with E-state index in [4.69, 9.17) is 16.0 Å². The van der Waals surface area contributed by atoms with Crippen LogP contribution >= 0.6 is 11.6 Å². The minimum atomic E-state index is -0.409. The second-order valence-electron chi connectivity index (χ2n) is 3.96. The molecule has 1 aromatic heterocycles. The molecule has 0 spiro atoms. The minimum Gasteiger partial charge on any atom is -0.507 e. The molecule has 0 radical (unpaired) electrons. The Morgan fingerprint density at radius 3 is 2.61 bits per heavy atom. The molecule has 0 fully saturated rings. The van der Waals surface area contributed by atoms with Crippen LogP contribution in [-0.4, -0.2) is 11.0 Å². The van der Waals surface area contributed by atoms with Crippen molar-refractivity contribution in [3.63, 3.8) is 0 Å². The molecular formula is C13H12ClNO3. The number of aromatic hydroxyl groups is 1. The van der Waals surface area contributed by atoms with Crippen LogP contribution in [0.4, 0.5) is 5.69 Å². The van der Waals surface area contributed by atoms with Crippen molar-refractivity contribution in [1.82, 2.24) is 0 Å². The number of anilines is 1. The first kappa shape index (κ1) is 12.5. The van der Waals surface area contributed by atoms with E-state index < -0.39 is 5.91 Å². The fourth-order valence-corrected chi connectivity index (χ4v) is 1.74. The van der Waals surface area contributed by atoms with Gasteiger partial charge in [-0.3, -0.25) is 4.79 Å². The molecule has 0 saturated heterocycles. The summed E-state index contributed by atoms with van der Waals surface area (Å²) in [6.45, 7) is 3.52. The van der Waals surface area contributed by atoms with Crippen molar-refractivity contribution in [3.8, 4) is 5.75 Å². The Hall–Kier alpha value is -1.94. The lowest BCUT2D eigenvalue weighted by atomic mass is 10.1. The van der Waals surface area contributed by atoms with Crippen LogP contribution in [0.2, 0.25) is 5.22 Å². The Morgan fingerprint density at radius 1 is 1.28 bits per heavy atom. The van der Waals surface area contributed by atoms with Gasteiger partial charge in [-0.1, -0.05) is 6.07 Å². The monoisotopic (exact) mass is 265 g/mol. The van der Waals surface area contributed by atoms with Crippen LogP contribution < -0.4 is 5.32 Å². The fourth-order valence-electron chi connectivity index (χ4n) is 1.59. The quantitative estimate of drug-likeness (QED) is 0.873.